The molecule has 5 N–H and O–H groups in total. The second-order valence-electron chi connectivity index (χ2n) is 9.35. The zero-order valence-electron chi connectivity index (χ0n) is 22.7. The number of β-lactam (4-membered cyclic amide) rings is 1. The van der Waals surface area contributed by atoms with Gasteiger partial charge in [-0.15, -0.1) is 23.1 Å². The highest BCUT2D eigenvalue weighted by atomic mass is 32.2. The maximum Gasteiger partial charge on any atom is 0.352 e. The molecule has 1 saturated heterocycles. The van der Waals surface area contributed by atoms with E-state index in [-0.39, 0.29) is 40.4 Å². The molecular formula is C26H29N5O7S3. The van der Waals surface area contributed by atoms with Gasteiger partial charge in [-0.1, -0.05) is 23.0 Å². The summed E-state index contributed by atoms with van der Waals surface area (Å²) in [6.07, 6.45) is 0.251. The highest BCUT2D eigenvalue weighted by molar-refractivity contribution is 8.12. The van der Waals surface area contributed by atoms with Crippen molar-refractivity contribution in [3.05, 3.63) is 56.2 Å². The summed E-state index contributed by atoms with van der Waals surface area (Å²) in [5, 5.41) is 27.6. The number of aromatic nitrogens is 1. The lowest BCUT2D eigenvalue weighted by Gasteiger charge is -2.49. The largest absolute Gasteiger partial charge is 0.477 e. The number of rotatable bonds is 10. The average Bonchev–Trinajstić information content (AvgIpc) is 3.36. The second kappa shape index (κ2) is 12.6. The van der Waals surface area contributed by atoms with Gasteiger partial charge < -0.3 is 26.1 Å². The fourth-order valence-electron chi connectivity index (χ4n) is 4.79. The number of thiazole rings is 1. The number of thioether (sulfide) groups is 2. The van der Waals surface area contributed by atoms with Crippen molar-refractivity contribution < 1.29 is 34.2 Å². The van der Waals surface area contributed by atoms with E-state index in [0.29, 0.717) is 22.6 Å². The van der Waals surface area contributed by atoms with Crippen LogP contribution in [0.15, 0.2) is 27.9 Å². The highest BCUT2D eigenvalue weighted by Gasteiger charge is 2.54. The normalized spacial score (nSPS) is 18.6. The fraction of sp³-hybridized carbons (Fsp3) is 0.385. The third-order valence-corrected chi connectivity index (χ3v) is 9.78. The van der Waals surface area contributed by atoms with Gasteiger partial charge in [0, 0.05) is 23.8 Å². The molecule has 0 spiro atoms. The quantitative estimate of drug-likeness (QED) is 0.173. The van der Waals surface area contributed by atoms with Crippen molar-refractivity contribution in [2.45, 2.75) is 51.0 Å². The van der Waals surface area contributed by atoms with Crippen LogP contribution >= 0.6 is 34.9 Å². The van der Waals surface area contributed by atoms with Gasteiger partial charge >= 0.3 is 5.97 Å². The van der Waals surface area contributed by atoms with Crippen molar-refractivity contribution >= 4 is 68.6 Å². The summed E-state index contributed by atoms with van der Waals surface area (Å²) in [6.45, 7) is 5.06. The first-order valence-corrected chi connectivity index (χ1v) is 15.3. The van der Waals surface area contributed by atoms with Crippen molar-refractivity contribution in [1.82, 2.24) is 15.2 Å². The molecule has 0 saturated carbocycles. The molecule has 3 heterocycles. The first-order valence-electron chi connectivity index (χ1n) is 12.4. The number of hydrogen-bond donors (Lipinski definition) is 4. The number of nitrogens with zero attached hydrogens (tertiary/aromatic N) is 3. The van der Waals surface area contributed by atoms with Crippen LogP contribution in [0.5, 0.6) is 0 Å². The molecule has 2 aliphatic heterocycles. The van der Waals surface area contributed by atoms with Gasteiger partial charge in [0.2, 0.25) is 0 Å². The molecule has 2 aromatic rings. The molecule has 41 heavy (non-hydrogen) atoms. The van der Waals surface area contributed by atoms with Crippen LogP contribution in [0.4, 0.5) is 5.13 Å². The van der Waals surface area contributed by atoms with Gasteiger partial charge in [0.25, 0.3) is 11.8 Å². The van der Waals surface area contributed by atoms with E-state index in [4.69, 9.17) is 10.6 Å². The predicted molar refractivity (Wildman–Crippen MR) is 157 cm³/mol. The zero-order chi connectivity index (χ0) is 30.0. The van der Waals surface area contributed by atoms with Gasteiger partial charge in [0.05, 0.1) is 6.61 Å². The van der Waals surface area contributed by atoms with Gasteiger partial charge in [-0.05, 0) is 53.7 Å². The topological polar surface area (TPSA) is 185 Å². The van der Waals surface area contributed by atoms with E-state index in [1.807, 2.05) is 19.9 Å². The smallest absolute Gasteiger partial charge is 0.352 e. The number of amides is 2. The van der Waals surface area contributed by atoms with E-state index in [9.17, 15) is 29.4 Å². The Morgan fingerprint density at radius 3 is 2.59 bits per heavy atom. The van der Waals surface area contributed by atoms with E-state index in [2.05, 4.69) is 15.5 Å². The number of aliphatic hydroxyl groups is 1. The number of carbonyl (C=O) groups excluding carboxylic acids is 3. The Bertz CT molecular complexity index is 1490. The van der Waals surface area contributed by atoms with Crippen molar-refractivity contribution in [1.29, 1.82) is 0 Å². The Kier molecular flexibility index (Phi) is 9.41. The molecule has 12 nitrogen and oxygen atoms in total. The summed E-state index contributed by atoms with van der Waals surface area (Å²) in [6, 6.07) is 0.896. The van der Waals surface area contributed by atoms with Crippen LogP contribution in [0.25, 0.3) is 0 Å². The van der Waals surface area contributed by atoms with Crippen LogP contribution in [0.1, 0.15) is 40.4 Å². The van der Waals surface area contributed by atoms with E-state index >= 15 is 0 Å². The standard InChI is InChI=1S/C26H29N5O7S3/c1-11-14(7-32)5-15(8-39-13(3)33)12(2)17(11)6-16-9-40-24-20(23(35)31(24)21(16)25(36)37)29-22(34)19(30-38-4)18-10-41-26(27)28-18/h5,10,20,24,32H,6-9H2,1-4H3,(H2,27,28)(H,29,34)(H,36,37)/t20-,24-/m1/s1. The van der Waals surface area contributed by atoms with Gasteiger partial charge in [0.15, 0.2) is 16.0 Å². The Hall–Kier alpha value is -3.40. The van der Waals surface area contributed by atoms with E-state index in [1.54, 1.807) is 0 Å². The highest BCUT2D eigenvalue weighted by Crippen LogP contribution is 2.42. The predicted octanol–water partition coefficient (Wildman–Crippen LogP) is 1.95. The number of hydrogen-bond acceptors (Lipinski definition) is 12. The molecule has 1 aromatic heterocycles. The zero-order valence-corrected chi connectivity index (χ0v) is 25.2. The van der Waals surface area contributed by atoms with Crippen LogP contribution < -0.4 is 11.1 Å². The molecule has 0 radical (unpaired) electrons. The number of carboxylic acids is 1. The lowest BCUT2D eigenvalue weighted by atomic mass is 9.89. The van der Waals surface area contributed by atoms with Crippen LogP contribution in [-0.4, -0.2) is 73.0 Å². The number of carbonyl (C=O) groups is 4. The molecule has 1 aromatic carbocycles. The van der Waals surface area contributed by atoms with Crippen molar-refractivity contribution in [2.75, 3.05) is 18.6 Å². The maximum absolute atomic E-state index is 13.2. The molecule has 2 aliphatic rings. The summed E-state index contributed by atoms with van der Waals surface area (Å²) >= 11 is 3.62. The van der Waals surface area contributed by atoms with Crippen LogP contribution in [0.3, 0.4) is 0 Å². The molecule has 2 atom stereocenters. The maximum atomic E-state index is 13.2. The monoisotopic (exact) mass is 619 g/mol. The van der Waals surface area contributed by atoms with E-state index in [1.165, 1.54) is 36.1 Å². The Balaban J connectivity index is 1.61. The van der Waals surface area contributed by atoms with Crippen molar-refractivity contribution in [2.24, 2.45) is 5.16 Å². The lowest BCUT2D eigenvalue weighted by Crippen LogP contribution is -2.71. The SMILES string of the molecule is CON=C(C(=O)N[C@@H]1C(=O)N2C(C(=O)O)=C(Cc3c(C)c(CO)cc(CSC(C)=O)c3C)CS[C@H]12)c1csc(N)n1. The molecule has 0 bridgehead atoms. The first-order chi connectivity index (χ1) is 19.5. The molecule has 2 amide bonds. The van der Waals surface area contributed by atoms with Gasteiger partial charge in [-0.25, -0.2) is 9.78 Å². The van der Waals surface area contributed by atoms with Crippen LogP contribution in [0.2, 0.25) is 0 Å². The second-order valence-corrected chi connectivity index (χ2v) is 12.5. The summed E-state index contributed by atoms with van der Waals surface area (Å²) in [4.78, 5) is 60.3. The number of nitrogen functional groups attached to an aromatic ring is 1. The summed E-state index contributed by atoms with van der Waals surface area (Å²) in [5.74, 6) is -1.77. The van der Waals surface area contributed by atoms with Crippen molar-refractivity contribution in [3.63, 3.8) is 0 Å². The minimum atomic E-state index is -1.25. The fourth-order valence-corrected chi connectivity index (χ4v) is 7.34. The molecule has 0 aliphatic carbocycles. The number of aliphatic carboxylic acids is 1. The number of carboxylic acid groups (broad SMARTS) is 1. The third kappa shape index (κ3) is 6.12. The number of aliphatic hydroxyl groups excluding tert-OH is 1. The van der Waals surface area contributed by atoms with Gasteiger partial charge in [0.1, 0.15) is 29.9 Å². The Morgan fingerprint density at radius 1 is 1.29 bits per heavy atom. The van der Waals surface area contributed by atoms with Crippen LogP contribution in [0, 0.1) is 13.8 Å². The summed E-state index contributed by atoms with van der Waals surface area (Å²) in [5.41, 5.74) is 10.3. The van der Waals surface area contributed by atoms with Gasteiger partial charge in [-0.3, -0.25) is 19.3 Å². The number of benzene rings is 1. The number of anilines is 1. The Labute approximate surface area is 248 Å². The molecular weight excluding hydrogens is 591 g/mol. The first kappa shape index (κ1) is 30.6. The minimum absolute atomic E-state index is 0.0306. The molecule has 1 fully saturated rings. The summed E-state index contributed by atoms with van der Waals surface area (Å²) in [7, 11) is 1.27. The lowest BCUT2D eigenvalue weighted by molar-refractivity contribution is -0.150. The molecule has 218 valence electrons. The molecule has 0 unspecified atom stereocenters. The number of nitrogens with one attached hydrogen (secondary N) is 1. The number of oxime groups is 1. The minimum Gasteiger partial charge on any atom is -0.477 e. The van der Waals surface area contributed by atoms with Crippen molar-refractivity contribution in [3.8, 4) is 0 Å². The van der Waals surface area contributed by atoms with Crippen LogP contribution in [-0.2, 0) is 42.8 Å². The molecule has 4 rings (SSSR count). The third-order valence-electron chi connectivity index (χ3n) is 6.91. The van der Waals surface area contributed by atoms with E-state index in [0.717, 1.165) is 45.4 Å². The molecule has 15 heteroatoms. The number of nitrogens with two attached hydrogens (primary N) is 1. The summed E-state index contributed by atoms with van der Waals surface area (Å²) < 4.78 is 0. The Morgan fingerprint density at radius 2 is 2.00 bits per heavy atom. The van der Waals surface area contributed by atoms with Gasteiger partial charge in [-0.2, -0.15) is 0 Å². The van der Waals surface area contributed by atoms with E-state index < -0.39 is 29.2 Å². The average molecular weight is 620 g/mol. The number of fused-ring (bicyclic) bond motifs is 1.